The quantitative estimate of drug-likeness (QED) is 0.450. The van der Waals surface area contributed by atoms with Crippen LogP contribution in [0.3, 0.4) is 0 Å². The molecule has 0 bridgehead atoms. The second-order valence-electron chi connectivity index (χ2n) is 2.15. The summed E-state index contributed by atoms with van der Waals surface area (Å²) in [6.07, 6.45) is 3.03. The number of rotatable bonds is 2. The van der Waals surface area contributed by atoms with Gasteiger partial charge in [-0.1, -0.05) is 36.4 Å². The lowest BCUT2D eigenvalue weighted by Crippen LogP contribution is -1.86. The Kier molecular flexibility index (Phi) is 2.67. The van der Waals surface area contributed by atoms with Crippen LogP contribution in [0.1, 0.15) is 5.56 Å². The molecule has 0 fully saturated rings. The molecule has 1 nitrogen and oxygen atoms in total. The summed E-state index contributed by atoms with van der Waals surface area (Å²) < 4.78 is 0. The minimum absolute atomic E-state index is 0.422. The summed E-state index contributed by atoms with van der Waals surface area (Å²) in [6, 6.07) is 9.53. The van der Waals surface area contributed by atoms with E-state index in [1.807, 2.05) is 30.3 Å². The molecule has 1 aromatic carbocycles. The predicted molar refractivity (Wildman–Crippen MR) is 46.2 cm³/mol. The average molecular weight is 142 g/mol. The Bertz CT molecular complexity index is 264. The van der Waals surface area contributed by atoms with E-state index in [4.69, 9.17) is 7.85 Å². The fourth-order valence-electron chi connectivity index (χ4n) is 0.743. The van der Waals surface area contributed by atoms with Gasteiger partial charge in [-0.25, -0.2) is 0 Å². The molecule has 0 aromatic heterocycles. The van der Waals surface area contributed by atoms with Crippen LogP contribution in [-0.4, -0.2) is 13.5 Å². The van der Waals surface area contributed by atoms with Crippen molar-refractivity contribution in [3.8, 4) is 0 Å². The Balaban J connectivity index is 2.72. The molecule has 2 heteroatoms. The zero-order chi connectivity index (χ0) is 8.10. The molecule has 0 amide bonds. The van der Waals surface area contributed by atoms with E-state index in [1.54, 1.807) is 6.08 Å². The fourth-order valence-corrected chi connectivity index (χ4v) is 0.743. The van der Waals surface area contributed by atoms with E-state index in [1.165, 1.54) is 6.08 Å². The lowest BCUT2D eigenvalue weighted by Gasteiger charge is -1.88. The fraction of sp³-hybridized carbons (Fsp3) is 0. The van der Waals surface area contributed by atoms with Gasteiger partial charge in [-0.15, -0.1) is 0 Å². The first-order valence-corrected chi connectivity index (χ1v) is 3.31. The number of carbonyl (C=O) groups is 1. The zero-order valence-electron chi connectivity index (χ0n) is 6.03. The van der Waals surface area contributed by atoms with Gasteiger partial charge in [-0.2, -0.15) is 0 Å². The van der Waals surface area contributed by atoms with Crippen molar-refractivity contribution in [2.24, 2.45) is 0 Å². The summed E-state index contributed by atoms with van der Waals surface area (Å²) in [5, 5.41) is 0. The van der Waals surface area contributed by atoms with Crippen molar-refractivity contribution in [2.45, 2.75) is 0 Å². The van der Waals surface area contributed by atoms with Crippen molar-refractivity contribution in [1.29, 1.82) is 0 Å². The van der Waals surface area contributed by atoms with Crippen LogP contribution in [0.15, 0.2) is 36.4 Å². The van der Waals surface area contributed by atoms with E-state index in [0.29, 0.717) is 0 Å². The number of allylic oxidation sites excluding steroid dienone is 1. The largest absolute Gasteiger partial charge is 0.308 e. The highest BCUT2D eigenvalue weighted by molar-refractivity contribution is 6.61. The third-order valence-electron chi connectivity index (χ3n) is 1.24. The third kappa shape index (κ3) is 2.85. The molecule has 0 N–H and O–H groups in total. The number of hydrogen-bond donors (Lipinski definition) is 0. The molecular formula is C9H7BO. The van der Waals surface area contributed by atoms with Crippen molar-refractivity contribution < 1.29 is 4.79 Å². The Morgan fingerprint density at radius 2 is 1.91 bits per heavy atom. The van der Waals surface area contributed by atoms with Crippen molar-refractivity contribution in [2.75, 3.05) is 0 Å². The standard InChI is InChI=1S/C9H7BO/c10-9(11)7-6-8-4-2-1-3-5-8/h1-7H/b7-6+. The van der Waals surface area contributed by atoms with E-state index in [2.05, 4.69) is 0 Å². The monoisotopic (exact) mass is 142 g/mol. The molecule has 0 heterocycles. The summed E-state index contributed by atoms with van der Waals surface area (Å²) in [6.45, 7) is 0. The van der Waals surface area contributed by atoms with Crippen LogP contribution in [0, 0.1) is 0 Å². The van der Waals surface area contributed by atoms with Crippen LogP contribution in [0.25, 0.3) is 6.08 Å². The van der Waals surface area contributed by atoms with Gasteiger partial charge in [0.2, 0.25) is 0 Å². The first-order chi connectivity index (χ1) is 5.29. The topological polar surface area (TPSA) is 17.1 Å². The molecule has 0 atom stereocenters. The summed E-state index contributed by atoms with van der Waals surface area (Å²) in [5.41, 5.74) is 0.556. The van der Waals surface area contributed by atoms with Crippen LogP contribution in [0.2, 0.25) is 0 Å². The summed E-state index contributed by atoms with van der Waals surface area (Å²) in [4.78, 5) is 10.3. The second kappa shape index (κ2) is 3.76. The number of hydrogen-bond acceptors (Lipinski definition) is 1. The SMILES string of the molecule is [B]C(=O)/C=C/c1ccccc1. The van der Waals surface area contributed by atoms with Gasteiger partial charge >= 0.3 is 0 Å². The molecule has 0 saturated heterocycles. The molecule has 0 saturated carbocycles. The highest BCUT2D eigenvalue weighted by Crippen LogP contribution is 1.99. The third-order valence-corrected chi connectivity index (χ3v) is 1.24. The van der Waals surface area contributed by atoms with Gasteiger partial charge in [0.25, 0.3) is 0 Å². The zero-order valence-corrected chi connectivity index (χ0v) is 6.03. The summed E-state index contributed by atoms with van der Waals surface area (Å²) in [5.74, 6) is 0. The van der Waals surface area contributed by atoms with Crippen molar-refractivity contribution in [1.82, 2.24) is 0 Å². The molecule has 52 valence electrons. The van der Waals surface area contributed by atoms with Gasteiger partial charge in [0.15, 0.2) is 7.85 Å². The molecular weight excluding hydrogens is 135 g/mol. The van der Waals surface area contributed by atoms with E-state index in [9.17, 15) is 4.79 Å². The Labute approximate surface area is 67.1 Å². The smallest absolute Gasteiger partial charge is 0.174 e. The second-order valence-corrected chi connectivity index (χ2v) is 2.15. The van der Waals surface area contributed by atoms with Gasteiger partial charge in [0, 0.05) is 0 Å². The molecule has 2 radical (unpaired) electrons. The molecule has 1 aromatic rings. The maximum absolute atomic E-state index is 10.3. The summed E-state index contributed by atoms with van der Waals surface area (Å²) >= 11 is 0. The Hall–Kier alpha value is -1.31. The van der Waals surface area contributed by atoms with Crippen molar-refractivity contribution in [3.05, 3.63) is 42.0 Å². The molecule has 0 aliphatic rings. The molecule has 11 heavy (non-hydrogen) atoms. The molecule has 1 rings (SSSR count). The van der Waals surface area contributed by atoms with Crippen molar-refractivity contribution in [3.63, 3.8) is 0 Å². The average Bonchev–Trinajstić information content (AvgIpc) is 2.03. The van der Waals surface area contributed by atoms with Gasteiger partial charge in [-0.3, -0.25) is 0 Å². The minimum atomic E-state index is -0.422. The van der Waals surface area contributed by atoms with E-state index in [0.717, 1.165) is 5.56 Å². The highest BCUT2D eigenvalue weighted by atomic mass is 16.1. The predicted octanol–water partition coefficient (Wildman–Crippen LogP) is 1.39. The normalized spacial score (nSPS) is 10.2. The number of carbonyl (C=O) groups excluding carboxylic acids is 1. The molecule has 0 aliphatic carbocycles. The lowest BCUT2D eigenvalue weighted by molar-refractivity contribution is -0.107. The molecule has 0 unspecified atom stereocenters. The van der Waals surface area contributed by atoms with Gasteiger partial charge in [-0.05, 0) is 11.6 Å². The van der Waals surface area contributed by atoms with E-state index in [-0.39, 0.29) is 0 Å². The Morgan fingerprint density at radius 1 is 1.27 bits per heavy atom. The van der Waals surface area contributed by atoms with Gasteiger partial charge in [0.05, 0.1) is 5.68 Å². The maximum Gasteiger partial charge on any atom is 0.174 e. The molecule has 0 aliphatic heterocycles. The molecule has 0 spiro atoms. The first kappa shape index (κ1) is 7.80. The van der Waals surface area contributed by atoms with Crippen molar-refractivity contribution >= 4 is 19.6 Å². The minimum Gasteiger partial charge on any atom is -0.308 e. The van der Waals surface area contributed by atoms with Crippen LogP contribution in [0.4, 0.5) is 0 Å². The van der Waals surface area contributed by atoms with E-state index >= 15 is 0 Å². The Morgan fingerprint density at radius 3 is 2.45 bits per heavy atom. The highest BCUT2D eigenvalue weighted by Gasteiger charge is 1.83. The van der Waals surface area contributed by atoms with Gasteiger partial charge < -0.3 is 4.79 Å². The van der Waals surface area contributed by atoms with Gasteiger partial charge in [0.1, 0.15) is 0 Å². The van der Waals surface area contributed by atoms with E-state index < -0.39 is 5.68 Å². The maximum atomic E-state index is 10.3. The first-order valence-electron chi connectivity index (χ1n) is 3.31. The van der Waals surface area contributed by atoms with Crippen LogP contribution < -0.4 is 0 Å². The summed E-state index contributed by atoms with van der Waals surface area (Å²) in [7, 11) is 4.91. The van der Waals surface area contributed by atoms with Crippen LogP contribution in [0.5, 0.6) is 0 Å². The van der Waals surface area contributed by atoms with Crippen LogP contribution in [-0.2, 0) is 4.79 Å². The lowest BCUT2D eigenvalue weighted by atomic mass is 10.0. The van der Waals surface area contributed by atoms with Crippen LogP contribution >= 0.6 is 0 Å². The number of benzene rings is 1.